The van der Waals surface area contributed by atoms with E-state index >= 15 is 0 Å². The smallest absolute Gasteiger partial charge is 0.331 e. The Kier molecular flexibility index (Phi) is 5.21. The van der Waals surface area contributed by atoms with Gasteiger partial charge in [-0.1, -0.05) is 5.16 Å². The summed E-state index contributed by atoms with van der Waals surface area (Å²) in [6.07, 6.45) is 2.23. The molecule has 0 saturated heterocycles. The summed E-state index contributed by atoms with van der Waals surface area (Å²) in [5, 5.41) is 6.55. The number of methoxy groups -OCH3 is 1. The third-order valence-electron chi connectivity index (χ3n) is 5.01. The van der Waals surface area contributed by atoms with Gasteiger partial charge in [0.1, 0.15) is 17.9 Å². The Hall–Kier alpha value is -3.69. The molecule has 0 spiro atoms. The highest BCUT2D eigenvalue weighted by atomic mass is 16.5. The van der Waals surface area contributed by atoms with Crippen molar-refractivity contribution < 1.29 is 14.1 Å². The summed E-state index contributed by atoms with van der Waals surface area (Å²) < 4.78 is 12.6. The number of nitrogens with zero attached hydrogens (tertiary/aromatic N) is 4. The number of benzene rings is 1. The number of rotatable bonds is 5. The van der Waals surface area contributed by atoms with Crippen LogP contribution in [0.15, 0.2) is 38.4 Å². The van der Waals surface area contributed by atoms with Crippen LogP contribution in [0.3, 0.4) is 0 Å². The average molecular weight is 411 g/mol. The number of aromatic nitrogens is 4. The molecular weight excluding hydrogens is 390 g/mol. The van der Waals surface area contributed by atoms with Crippen molar-refractivity contribution in [3.8, 4) is 17.1 Å². The third-order valence-corrected chi connectivity index (χ3v) is 5.01. The van der Waals surface area contributed by atoms with Crippen molar-refractivity contribution in [3.63, 3.8) is 0 Å². The molecule has 10 nitrogen and oxygen atoms in total. The first-order valence-corrected chi connectivity index (χ1v) is 9.59. The number of hydrogen-bond donors (Lipinski definition) is 1. The molecule has 1 aliphatic heterocycles. The van der Waals surface area contributed by atoms with Crippen LogP contribution in [0.25, 0.3) is 11.4 Å². The molecule has 3 aromatic rings. The molecule has 1 aliphatic rings. The van der Waals surface area contributed by atoms with E-state index in [4.69, 9.17) is 9.26 Å². The van der Waals surface area contributed by atoms with Gasteiger partial charge in [-0.2, -0.15) is 4.98 Å². The van der Waals surface area contributed by atoms with Gasteiger partial charge in [0, 0.05) is 24.8 Å². The molecule has 0 unspecified atom stereocenters. The Morgan fingerprint density at radius 2 is 2.00 bits per heavy atom. The minimum absolute atomic E-state index is 0.132. The second-order valence-corrected chi connectivity index (χ2v) is 7.02. The van der Waals surface area contributed by atoms with Gasteiger partial charge in [0.05, 0.1) is 7.11 Å². The van der Waals surface area contributed by atoms with Gasteiger partial charge in [-0.05, 0) is 43.5 Å². The van der Waals surface area contributed by atoms with E-state index in [1.165, 1.54) is 4.57 Å². The van der Waals surface area contributed by atoms with Crippen molar-refractivity contribution in [2.75, 3.05) is 12.4 Å². The highest BCUT2D eigenvalue weighted by Crippen LogP contribution is 2.21. The van der Waals surface area contributed by atoms with Crippen molar-refractivity contribution in [2.24, 2.45) is 0 Å². The summed E-state index contributed by atoms with van der Waals surface area (Å²) in [7, 11) is 1.55. The van der Waals surface area contributed by atoms with Gasteiger partial charge in [0.15, 0.2) is 0 Å². The van der Waals surface area contributed by atoms with E-state index < -0.39 is 23.7 Å². The Bertz CT molecular complexity index is 1210. The van der Waals surface area contributed by atoms with E-state index in [1.54, 1.807) is 38.3 Å². The summed E-state index contributed by atoms with van der Waals surface area (Å²) in [4.78, 5) is 42.9. The fraction of sp³-hybridized carbons (Fsp3) is 0.350. The highest BCUT2D eigenvalue weighted by Gasteiger charge is 2.26. The normalized spacial score (nSPS) is 13.0. The molecule has 4 rings (SSSR count). The largest absolute Gasteiger partial charge is 0.497 e. The minimum Gasteiger partial charge on any atom is -0.497 e. The lowest BCUT2D eigenvalue weighted by atomic mass is 10.0. The highest BCUT2D eigenvalue weighted by molar-refractivity contribution is 5.90. The molecule has 0 saturated carbocycles. The number of fused-ring (bicyclic) bond motifs is 1. The first kappa shape index (κ1) is 19.6. The Morgan fingerprint density at radius 1 is 1.23 bits per heavy atom. The molecule has 3 heterocycles. The minimum atomic E-state index is -0.598. The van der Waals surface area contributed by atoms with Gasteiger partial charge >= 0.3 is 5.69 Å². The average Bonchev–Trinajstić information content (AvgIpc) is 3.17. The lowest BCUT2D eigenvalue weighted by Crippen LogP contribution is -2.45. The van der Waals surface area contributed by atoms with Crippen LogP contribution in [0.1, 0.15) is 24.4 Å². The van der Waals surface area contributed by atoms with Gasteiger partial charge in [-0.3, -0.25) is 18.7 Å². The molecule has 0 fully saturated rings. The van der Waals surface area contributed by atoms with E-state index in [2.05, 4.69) is 15.5 Å². The predicted octanol–water partition coefficient (Wildman–Crippen LogP) is 1.35. The summed E-state index contributed by atoms with van der Waals surface area (Å²) in [6, 6.07) is 6.75. The summed E-state index contributed by atoms with van der Waals surface area (Å²) >= 11 is 0. The molecule has 156 valence electrons. The maximum absolute atomic E-state index is 13.2. The molecule has 0 aliphatic carbocycles. The van der Waals surface area contributed by atoms with Crippen LogP contribution in [0.4, 0.5) is 5.69 Å². The summed E-state index contributed by atoms with van der Waals surface area (Å²) in [5.74, 6) is 0.601. The Morgan fingerprint density at radius 3 is 2.67 bits per heavy atom. The summed E-state index contributed by atoms with van der Waals surface area (Å²) in [6.45, 7) is 1.67. The second-order valence-electron chi connectivity index (χ2n) is 7.02. The van der Waals surface area contributed by atoms with Crippen LogP contribution in [0, 0.1) is 6.92 Å². The van der Waals surface area contributed by atoms with E-state index in [1.807, 2.05) is 0 Å². The molecule has 1 aromatic carbocycles. The number of aryl methyl sites for hydroxylation is 1. The lowest BCUT2D eigenvalue weighted by Gasteiger charge is -2.21. The molecule has 10 heteroatoms. The molecule has 0 bridgehead atoms. The van der Waals surface area contributed by atoms with Gasteiger partial charge in [-0.25, -0.2) is 4.79 Å². The fourth-order valence-corrected chi connectivity index (χ4v) is 3.58. The monoisotopic (exact) mass is 411 g/mol. The number of anilines is 1. The van der Waals surface area contributed by atoms with Crippen molar-refractivity contribution in [2.45, 2.75) is 39.3 Å². The number of ether oxygens (including phenoxy) is 1. The van der Waals surface area contributed by atoms with Crippen molar-refractivity contribution >= 4 is 11.6 Å². The van der Waals surface area contributed by atoms with Gasteiger partial charge in [-0.15, -0.1) is 0 Å². The predicted molar refractivity (Wildman–Crippen MR) is 108 cm³/mol. The maximum Gasteiger partial charge on any atom is 0.331 e. The maximum atomic E-state index is 13.2. The van der Waals surface area contributed by atoms with Crippen molar-refractivity contribution in [1.82, 2.24) is 19.3 Å². The van der Waals surface area contributed by atoms with Crippen LogP contribution in [-0.2, 0) is 24.3 Å². The van der Waals surface area contributed by atoms with Crippen LogP contribution in [0.5, 0.6) is 5.75 Å². The van der Waals surface area contributed by atoms with Gasteiger partial charge in [0.2, 0.25) is 17.6 Å². The van der Waals surface area contributed by atoms with E-state index in [9.17, 15) is 14.4 Å². The molecule has 30 heavy (non-hydrogen) atoms. The van der Waals surface area contributed by atoms with Gasteiger partial charge < -0.3 is 14.6 Å². The Balaban J connectivity index is 1.71. The molecule has 1 amide bonds. The first-order valence-electron chi connectivity index (χ1n) is 9.59. The van der Waals surface area contributed by atoms with Crippen LogP contribution in [0.2, 0.25) is 0 Å². The van der Waals surface area contributed by atoms with E-state index in [0.717, 1.165) is 17.4 Å². The molecule has 1 N–H and O–H groups in total. The van der Waals surface area contributed by atoms with Gasteiger partial charge in [0.25, 0.3) is 5.56 Å². The third kappa shape index (κ3) is 3.63. The number of carbonyl (C=O) groups is 1. The topological polar surface area (TPSA) is 121 Å². The number of carbonyl (C=O) groups excluding carboxylic acids is 1. The zero-order valence-corrected chi connectivity index (χ0v) is 16.7. The summed E-state index contributed by atoms with van der Waals surface area (Å²) in [5.41, 5.74) is 0.218. The zero-order chi connectivity index (χ0) is 21.3. The second kappa shape index (κ2) is 7.97. The van der Waals surface area contributed by atoms with Crippen LogP contribution >= 0.6 is 0 Å². The molecular formula is C20H21N5O5. The van der Waals surface area contributed by atoms with E-state index in [-0.39, 0.29) is 11.4 Å². The molecule has 0 atom stereocenters. The molecule has 0 radical (unpaired) electrons. The van der Waals surface area contributed by atoms with Crippen LogP contribution in [-0.4, -0.2) is 32.3 Å². The number of amides is 1. The van der Waals surface area contributed by atoms with Crippen molar-refractivity contribution in [3.05, 3.63) is 56.7 Å². The SMILES string of the molecule is COc1ccc(NC(=O)Cn2c(=O)c(-c3noc(C)n3)c3n(c2=O)CCCC3)cc1. The standard InChI is InChI=1S/C20H21N5O5/c1-12-21-18(23-30-12)17-15-5-3-4-10-24(15)20(28)25(19(17)27)11-16(26)22-13-6-8-14(29-2)9-7-13/h6-9H,3-5,10-11H2,1-2H3,(H,22,26). The number of nitrogens with one attached hydrogen (secondary N) is 1. The quantitative estimate of drug-likeness (QED) is 0.673. The molecule has 2 aromatic heterocycles. The lowest BCUT2D eigenvalue weighted by molar-refractivity contribution is -0.116. The van der Waals surface area contributed by atoms with Crippen molar-refractivity contribution in [1.29, 1.82) is 0 Å². The zero-order valence-electron chi connectivity index (χ0n) is 16.7. The fourth-order valence-electron chi connectivity index (χ4n) is 3.58. The van der Waals surface area contributed by atoms with Crippen LogP contribution < -0.4 is 21.3 Å². The van der Waals surface area contributed by atoms with E-state index in [0.29, 0.717) is 36.0 Å². The number of hydrogen-bond acceptors (Lipinski definition) is 7. The first-order chi connectivity index (χ1) is 14.5. The Labute approximate surface area is 171 Å².